The third-order valence-corrected chi connectivity index (χ3v) is 4.67. The molecule has 0 unspecified atom stereocenters. The molecular weight excluding hydrogens is 426 g/mol. The fourth-order valence-electron chi connectivity index (χ4n) is 3.05. The number of nitrogens with one attached hydrogen (secondary N) is 2. The molecule has 9 nitrogen and oxygen atoms in total. The van der Waals surface area contributed by atoms with Crippen LogP contribution in [0.1, 0.15) is 33.2 Å². The SMILES string of the molecule is CC(=O)c1ccccc1NC(=O)COC(=O)c1ccc(NCc2ccccc2)c([N+](=O)[O-])c1. The van der Waals surface area contributed by atoms with Crippen LogP contribution in [0.4, 0.5) is 17.1 Å². The van der Waals surface area contributed by atoms with E-state index in [-0.39, 0.29) is 22.7 Å². The molecule has 0 spiro atoms. The molecule has 9 heteroatoms. The largest absolute Gasteiger partial charge is 0.452 e. The minimum atomic E-state index is -0.886. The van der Waals surface area contributed by atoms with Crippen molar-refractivity contribution < 1.29 is 24.0 Å². The summed E-state index contributed by atoms with van der Waals surface area (Å²) < 4.78 is 4.99. The summed E-state index contributed by atoms with van der Waals surface area (Å²) in [5, 5.41) is 17.0. The van der Waals surface area contributed by atoms with Crippen LogP contribution in [0, 0.1) is 10.1 Å². The monoisotopic (exact) mass is 447 g/mol. The zero-order chi connectivity index (χ0) is 23.8. The summed E-state index contributed by atoms with van der Waals surface area (Å²) >= 11 is 0. The van der Waals surface area contributed by atoms with Crippen LogP contribution in [0.25, 0.3) is 0 Å². The number of carbonyl (C=O) groups excluding carboxylic acids is 3. The number of hydrogen-bond acceptors (Lipinski definition) is 7. The van der Waals surface area contributed by atoms with Crippen LogP contribution in [0.3, 0.4) is 0 Å². The first-order chi connectivity index (χ1) is 15.8. The van der Waals surface area contributed by atoms with Gasteiger partial charge in [-0.3, -0.25) is 19.7 Å². The number of nitro benzene ring substituents is 1. The van der Waals surface area contributed by atoms with E-state index in [1.54, 1.807) is 24.3 Å². The molecule has 33 heavy (non-hydrogen) atoms. The molecule has 0 radical (unpaired) electrons. The van der Waals surface area contributed by atoms with Crippen molar-refractivity contribution in [3.63, 3.8) is 0 Å². The molecule has 168 valence electrons. The minimum Gasteiger partial charge on any atom is -0.452 e. The van der Waals surface area contributed by atoms with Gasteiger partial charge in [-0.25, -0.2) is 4.79 Å². The lowest BCUT2D eigenvalue weighted by atomic mass is 10.1. The highest BCUT2D eigenvalue weighted by Crippen LogP contribution is 2.26. The second kappa shape index (κ2) is 10.7. The second-order valence-corrected chi connectivity index (χ2v) is 7.05. The molecule has 1 amide bonds. The van der Waals surface area contributed by atoms with Crippen LogP contribution in [-0.2, 0) is 16.1 Å². The first-order valence-corrected chi connectivity index (χ1v) is 9.98. The van der Waals surface area contributed by atoms with E-state index in [0.29, 0.717) is 17.8 Å². The number of benzene rings is 3. The average Bonchev–Trinajstić information content (AvgIpc) is 2.82. The number of anilines is 2. The van der Waals surface area contributed by atoms with Crippen molar-refractivity contribution in [2.45, 2.75) is 13.5 Å². The van der Waals surface area contributed by atoms with Crippen LogP contribution in [0.5, 0.6) is 0 Å². The first-order valence-electron chi connectivity index (χ1n) is 9.98. The molecule has 3 rings (SSSR count). The van der Waals surface area contributed by atoms with Gasteiger partial charge in [0.2, 0.25) is 0 Å². The predicted molar refractivity (Wildman–Crippen MR) is 122 cm³/mol. The molecule has 0 bridgehead atoms. The van der Waals surface area contributed by atoms with Crippen molar-refractivity contribution in [1.82, 2.24) is 0 Å². The lowest BCUT2D eigenvalue weighted by molar-refractivity contribution is -0.384. The number of carbonyl (C=O) groups is 3. The Morgan fingerprint density at radius 1 is 0.939 bits per heavy atom. The van der Waals surface area contributed by atoms with Crippen LogP contribution < -0.4 is 10.6 Å². The Kier molecular flexibility index (Phi) is 7.48. The Morgan fingerprint density at radius 2 is 1.64 bits per heavy atom. The van der Waals surface area contributed by atoms with Crippen LogP contribution >= 0.6 is 0 Å². The highest BCUT2D eigenvalue weighted by atomic mass is 16.6. The predicted octanol–water partition coefficient (Wildman–Crippen LogP) is 4.21. The summed E-state index contributed by atoms with van der Waals surface area (Å²) in [7, 11) is 0. The smallest absolute Gasteiger partial charge is 0.338 e. The van der Waals surface area contributed by atoms with Gasteiger partial charge in [0.1, 0.15) is 5.69 Å². The summed E-state index contributed by atoms with van der Waals surface area (Å²) in [6, 6.07) is 19.7. The van der Waals surface area contributed by atoms with Crippen LogP contribution in [0.15, 0.2) is 72.8 Å². The lowest BCUT2D eigenvalue weighted by Gasteiger charge is -2.10. The highest BCUT2D eigenvalue weighted by molar-refractivity contribution is 6.04. The van der Waals surface area contributed by atoms with E-state index in [9.17, 15) is 24.5 Å². The number of nitro groups is 1. The van der Waals surface area contributed by atoms with Crippen molar-refractivity contribution in [3.8, 4) is 0 Å². The number of Topliss-reactive ketones (excluding diaryl/α,β-unsaturated/α-hetero) is 1. The zero-order valence-electron chi connectivity index (χ0n) is 17.7. The molecule has 0 fully saturated rings. The average molecular weight is 447 g/mol. The molecule has 0 saturated heterocycles. The molecule has 0 aliphatic rings. The molecule has 0 atom stereocenters. The van der Waals surface area contributed by atoms with Crippen molar-refractivity contribution >= 4 is 34.7 Å². The maximum Gasteiger partial charge on any atom is 0.338 e. The number of rotatable bonds is 9. The van der Waals surface area contributed by atoms with Gasteiger partial charge in [0, 0.05) is 18.2 Å². The van der Waals surface area contributed by atoms with Gasteiger partial charge in [0.25, 0.3) is 11.6 Å². The third kappa shape index (κ3) is 6.23. The normalized spacial score (nSPS) is 10.2. The number of ketones is 1. The van der Waals surface area contributed by atoms with E-state index < -0.39 is 23.4 Å². The van der Waals surface area contributed by atoms with Gasteiger partial charge < -0.3 is 15.4 Å². The van der Waals surface area contributed by atoms with E-state index in [4.69, 9.17) is 4.74 Å². The van der Waals surface area contributed by atoms with Gasteiger partial charge in [-0.1, -0.05) is 42.5 Å². The van der Waals surface area contributed by atoms with E-state index >= 15 is 0 Å². The third-order valence-electron chi connectivity index (χ3n) is 4.67. The summed E-state index contributed by atoms with van der Waals surface area (Å²) in [6.45, 7) is 1.12. The first kappa shape index (κ1) is 23.1. The fraction of sp³-hybridized carbons (Fsp3) is 0.125. The Labute approximate surface area is 189 Å². The number of hydrogen-bond donors (Lipinski definition) is 2. The summed E-state index contributed by atoms with van der Waals surface area (Å²) in [4.78, 5) is 47.0. The van der Waals surface area contributed by atoms with Crippen molar-refractivity contribution in [1.29, 1.82) is 0 Å². The van der Waals surface area contributed by atoms with E-state index in [2.05, 4.69) is 10.6 Å². The van der Waals surface area contributed by atoms with E-state index in [0.717, 1.165) is 11.6 Å². The Morgan fingerprint density at radius 3 is 2.33 bits per heavy atom. The molecule has 0 aliphatic carbocycles. The van der Waals surface area contributed by atoms with Crippen molar-refractivity contribution in [2.24, 2.45) is 0 Å². The van der Waals surface area contributed by atoms with Crippen molar-refractivity contribution in [3.05, 3.63) is 99.6 Å². The number of esters is 1. The second-order valence-electron chi connectivity index (χ2n) is 7.05. The molecule has 3 aromatic rings. The number of para-hydroxylation sites is 1. The summed E-state index contributed by atoms with van der Waals surface area (Å²) in [5.74, 6) is -1.76. The van der Waals surface area contributed by atoms with E-state index in [1.807, 2.05) is 30.3 Å². The Bertz CT molecular complexity index is 1190. The molecule has 0 heterocycles. The molecular formula is C24H21N3O6. The minimum absolute atomic E-state index is 0.0658. The van der Waals surface area contributed by atoms with Crippen LogP contribution in [0.2, 0.25) is 0 Å². The van der Waals surface area contributed by atoms with Gasteiger partial charge in [-0.05, 0) is 36.8 Å². The van der Waals surface area contributed by atoms with Gasteiger partial charge >= 0.3 is 5.97 Å². The van der Waals surface area contributed by atoms with Crippen LogP contribution in [-0.4, -0.2) is 29.2 Å². The molecule has 3 aromatic carbocycles. The zero-order valence-corrected chi connectivity index (χ0v) is 17.7. The van der Waals surface area contributed by atoms with Crippen molar-refractivity contribution in [2.75, 3.05) is 17.2 Å². The Hall–Kier alpha value is -4.53. The maximum absolute atomic E-state index is 12.3. The summed E-state index contributed by atoms with van der Waals surface area (Å²) in [6.07, 6.45) is 0. The summed E-state index contributed by atoms with van der Waals surface area (Å²) in [5.41, 5.74) is 1.46. The molecule has 0 saturated carbocycles. The van der Waals surface area contributed by atoms with Gasteiger partial charge in [-0.15, -0.1) is 0 Å². The topological polar surface area (TPSA) is 128 Å². The quantitative estimate of drug-likeness (QED) is 0.218. The fourth-order valence-corrected chi connectivity index (χ4v) is 3.05. The molecule has 0 aliphatic heterocycles. The molecule has 0 aromatic heterocycles. The Balaban J connectivity index is 1.63. The van der Waals surface area contributed by atoms with Gasteiger partial charge in [0.05, 0.1) is 16.2 Å². The number of ether oxygens (including phenoxy) is 1. The standard InChI is InChI=1S/C24H21N3O6/c1-16(28)19-9-5-6-10-20(19)26-23(29)15-33-24(30)18-11-12-21(22(13-18)27(31)32)25-14-17-7-3-2-4-8-17/h2-13,25H,14-15H2,1H3,(H,26,29). The number of nitrogens with zero attached hydrogens (tertiary/aromatic N) is 1. The number of amides is 1. The molecule has 2 N–H and O–H groups in total. The lowest BCUT2D eigenvalue weighted by Crippen LogP contribution is -2.22. The van der Waals surface area contributed by atoms with Gasteiger partial charge in [0.15, 0.2) is 12.4 Å². The maximum atomic E-state index is 12.3. The van der Waals surface area contributed by atoms with Gasteiger partial charge in [-0.2, -0.15) is 0 Å². The van der Waals surface area contributed by atoms with E-state index in [1.165, 1.54) is 19.1 Å². The highest BCUT2D eigenvalue weighted by Gasteiger charge is 2.19.